The predicted octanol–water partition coefficient (Wildman–Crippen LogP) is 4.60. The first-order chi connectivity index (χ1) is 9.58. The molecule has 110 valence electrons. The summed E-state index contributed by atoms with van der Waals surface area (Å²) in [5.74, 6) is 1.79. The first-order valence-electron chi connectivity index (χ1n) is 6.71. The molecule has 2 nitrogen and oxygen atoms in total. The van der Waals surface area contributed by atoms with Gasteiger partial charge in [0.2, 0.25) is 0 Å². The van der Waals surface area contributed by atoms with Gasteiger partial charge < -0.3 is 10.1 Å². The number of nitrogens with one attached hydrogen (secondary N) is 1. The van der Waals surface area contributed by atoms with E-state index in [1.807, 2.05) is 11.8 Å². The van der Waals surface area contributed by atoms with Crippen LogP contribution in [0.3, 0.4) is 0 Å². The molecule has 1 aromatic carbocycles. The van der Waals surface area contributed by atoms with Crippen molar-refractivity contribution in [3.63, 3.8) is 0 Å². The highest BCUT2D eigenvalue weighted by Crippen LogP contribution is 2.40. The summed E-state index contributed by atoms with van der Waals surface area (Å²) in [6.45, 7) is 0.745. The molecule has 1 spiro atoms. The van der Waals surface area contributed by atoms with E-state index in [4.69, 9.17) is 27.9 Å². The number of hydrogen-bond donors (Lipinski definition) is 1. The van der Waals surface area contributed by atoms with E-state index in [1.54, 1.807) is 0 Å². The fourth-order valence-electron chi connectivity index (χ4n) is 2.90. The molecule has 2 atom stereocenters. The summed E-state index contributed by atoms with van der Waals surface area (Å²) >= 11 is 14.1. The standard InChI is InChI=1S/C14H16Cl2FNOS/c15-11-5-9(17)6-12(16)13(11)18-10-1-3-19-14(7-10)2-4-20-8-14/h5-6,10,18H,1-4,7-8H2. The second-order valence-corrected chi connectivity index (χ2v) is 7.33. The summed E-state index contributed by atoms with van der Waals surface area (Å²) in [6.07, 6.45) is 2.96. The summed E-state index contributed by atoms with van der Waals surface area (Å²) in [4.78, 5) is 0. The second-order valence-electron chi connectivity index (χ2n) is 5.41. The van der Waals surface area contributed by atoms with Gasteiger partial charge in [-0.1, -0.05) is 23.2 Å². The topological polar surface area (TPSA) is 21.3 Å². The van der Waals surface area contributed by atoms with Crippen molar-refractivity contribution in [1.29, 1.82) is 0 Å². The van der Waals surface area contributed by atoms with E-state index < -0.39 is 5.82 Å². The van der Waals surface area contributed by atoms with Crippen molar-refractivity contribution in [2.45, 2.75) is 30.9 Å². The molecule has 2 aliphatic rings. The zero-order valence-electron chi connectivity index (χ0n) is 10.9. The lowest BCUT2D eigenvalue weighted by molar-refractivity contribution is -0.0628. The van der Waals surface area contributed by atoms with E-state index in [1.165, 1.54) is 12.1 Å². The molecule has 0 bridgehead atoms. The third kappa shape index (κ3) is 3.03. The number of thioether (sulfide) groups is 1. The molecule has 0 amide bonds. The Balaban J connectivity index is 1.74. The smallest absolute Gasteiger partial charge is 0.126 e. The van der Waals surface area contributed by atoms with Crippen molar-refractivity contribution in [3.8, 4) is 0 Å². The highest BCUT2D eigenvalue weighted by molar-refractivity contribution is 7.99. The predicted molar refractivity (Wildman–Crippen MR) is 83.7 cm³/mol. The Morgan fingerprint density at radius 3 is 2.75 bits per heavy atom. The van der Waals surface area contributed by atoms with Gasteiger partial charge in [-0.3, -0.25) is 0 Å². The number of hydrogen-bond acceptors (Lipinski definition) is 3. The van der Waals surface area contributed by atoms with Crippen LogP contribution in [-0.2, 0) is 4.74 Å². The van der Waals surface area contributed by atoms with Gasteiger partial charge in [-0.2, -0.15) is 11.8 Å². The molecule has 3 rings (SSSR count). The van der Waals surface area contributed by atoms with Gasteiger partial charge in [0.25, 0.3) is 0 Å². The number of halogens is 3. The van der Waals surface area contributed by atoms with Crippen LogP contribution in [0.2, 0.25) is 10.0 Å². The molecule has 2 unspecified atom stereocenters. The number of anilines is 1. The molecule has 20 heavy (non-hydrogen) atoms. The van der Waals surface area contributed by atoms with Crippen molar-refractivity contribution in [3.05, 3.63) is 28.0 Å². The summed E-state index contributed by atoms with van der Waals surface area (Å²) in [7, 11) is 0. The SMILES string of the molecule is Fc1cc(Cl)c(NC2CCOC3(CCSC3)C2)c(Cl)c1. The van der Waals surface area contributed by atoms with Crippen LogP contribution in [-0.4, -0.2) is 29.8 Å². The van der Waals surface area contributed by atoms with E-state index in [0.29, 0.717) is 15.7 Å². The van der Waals surface area contributed by atoms with Crippen molar-refractivity contribution >= 4 is 40.7 Å². The van der Waals surface area contributed by atoms with Gasteiger partial charge in [-0.15, -0.1) is 0 Å². The van der Waals surface area contributed by atoms with Gasteiger partial charge in [0.15, 0.2) is 0 Å². The zero-order chi connectivity index (χ0) is 14.2. The molecule has 0 radical (unpaired) electrons. The molecule has 0 saturated carbocycles. The molecule has 0 aliphatic carbocycles. The van der Waals surface area contributed by atoms with Crippen LogP contribution < -0.4 is 5.32 Å². The maximum atomic E-state index is 13.2. The summed E-state index contributed by atoms with van der Waals surface area (Å²) in [5, 5.41) is 4.04. The second kappa shape index (κ2) is 5.91. The maximum Gasteiger partial charge on any atom is 0.126 e. The Bertz CT molecular complexity index is 485. The fraction of sp³-hybridized carbons (Fsp3) is 0.571. The molecular formula is C14H16Cl2FNOS. The van der Waals surface area contributed by atoms with Crippen molar-refractivity contribution in [2.24, 2.45) is 0 Å². The Morgan fingerprint density at radius 2 is 2.10 bits per heavy atom. The van der Waals surface area contributed by atoms with Crippen molar-refractivity contribution in [2.75, 3.05) is 23.4 Å². The molecule has 0 aromatic heterocycles. The van der Waals surface area contributed by atoms with Gasteiger partial charge in [0, 0.05) is 18.4 Å². The third-order valence-electron chi connectivity index (χ3n) is 3.92. The summed E-state index contributed by atoms with van der Waals surface area (Å²) in [5.41, 5.74) is 0.627. The summed E-state index contributed by atoms with van der Waals surface area (Å²) in [6, 6.07) is 2.84. The lowest BCUT2D eigenvalue weighted by Crippen LogP contribution is -2.44. The molecular weight excluding hydrogens is 320 g/mol. The molecule has 2 saturated heterocycles. The van der Waals surface area contributed by atoms with Gasteiger partial charge in [-0.25, -0.2) is 4.39 Å². The quantitative estimate of drug-likeness (QED) is 0.853. The fourth-order valence-corrected chi connectivity index (χ4v) is 4.85. The average Bonchev–Trinajstić information content (AvgIpc) is 2.82. The zero-order valence-corrected chi connectivity index (χ0v) is 13.3. The van der Waals surface area contributed by atoms with Crippen LogP contribution in [0.1, 0.15) is 19.3 Å². The highest BCUT2D eigenvalue weighted by atomic mass is 35.5. The minimum Gasteiger partial charge on any atom is -0.380 e. The van der Waals surface area contributed by atoms with E-state index in [9.17, 15) is 4.39 Å². The molecule has 1 N–H and O–H groups in total. The minimum atomic E-state index is -0.416. The van der Waals surface area contributed by atoms with E-state index >= 15 is 0 Å². The van der Waals surface area contributed by atoms with Crippen LogP contribution in [0.15, 0.2) is 12.1 Å². The first-order valence-corrected chi connectivity index (χ1v) is 8.62. The van der Waals surface area contributed by atoms with Crippen molar-refractivity contribution < 1.29 is 9.13 Å². The maximum absolute atomic E-state index is 13.2. The minimum absolute atomic E-state index is 0.000430. The van der Waals surface area contributed by atoms with E-state index in [2.05, 4.69) is 5.32 Å². The van der Waals surface area contributed by atoms with Crippen LogP contribution in [0.4, 0.5) is 10.1 Å². The molecule has 2 aliphatic heterocycles. The van der Waals surface area contributed by atoms with Gasteiger partial charge in [0.1, 0.15) is 5.82 Å². The number of ether oxygens (including phenoxy) is 1. The number of benzene rings is 1. The van der Waals surface area contributed by atoms with Gasteiger partial charge in [0.05, 0.1) is 21.3 Å². The highest BCUT2D eigenvalue weighted by Gasteiger charge is 2.40. The third-order valence-corrected chi connectivity index (χ3v) is 5.73. The van der Waals surface area contributed by atoms with Crippen LogP contribution in [0.5, 0.6) is 0 Å². The van der Waals surface area contributed by atoms with Crippen LogP contribution in [0, 0.1) is 5.82 Å². The van der Waals surface area contributed by atoms with Gasteiger partial charge in [-0.05, 0) is 37.1 Å². The lowest BCUT2D eigenvalue weighted by Gasteiger charge is -2.38. The summed E-state index contributed by atoms with van der Waals surface area (Å²) < 4.78 is 19.2. The largest absolute Gasteiger partial charge is 0.380 e. The van der Waals surface area contributed by atoms with Crippen LogP contribution >= 0.6 is 35.0 Å². The first kappa shape index (κ1) is 14.8. The lowest BCUT2D eigenvalue weighted by atomic mass is 9.90. The van der Waals surface area contributed by atoms with Gasteiger partial charge >= 0.3 is 0 Å². The molecule has 2 fully saturated rings. The molecule has 2 heterocycles. The molecule has 1 aromatic rings. The van der Waals surface area contributed by atoms with Crippen LogP contribution in [0.25, 0.3) is 0 Å². The van der Waals surface area contributed by atoms with Crippen molar-refractivity contribution in [1.82, 2.24) is 0 Å². The Hall–Kier alpha value is -0.160. The Kier molecular flexibility index (Phi) is 4.37. The number of rotatable bonds is 2. The average molecular weight is 336 g/mol. The molecule has 6 heteroatoms. The Labute approximate surface area is 132 Å². The monoisotopic (exact) mass is 335 g/mol. The van der Waals surface area contributed by atoms with E-state index in [-0.39, 0.29) is 11.6 Å². The normalized spacial score (nSPS) is 29.9. The Morgan fingerprint density at radius 1 is 1.35 bits per heavy atom. The van der Waals surface area contributed by atoms with E-state index in [0.717, 1.165) is 37.4 Å².